The van der Waals surface area contributed by atoms with Crippen molar-refractivity contribution in [2.75, 3.05) is 5.32 Å². The van der Waals surface area contributed by atoms with E-state index in [1.54, 1.807) is 18.3 Å². The molecule has 1 N–H and O–H groups in total. The van der Waals surface area contributed by atoms with E-state index in [9.17, 15) is 26.7 Å². The molecule has 2 nitrogen and oxygen atoms in total. The molecule has 0 bridgehead atoms. The Morgan fingerprint density at radius 3 is 2.28 bits per heavy atom. The third-order valence-electron chi connectivity index (χ3n) is 2.08. The van der Waals surface area contributed by atoms with Gasteiger partial charge in [0.2, 0.25) is 0 Å². The van der Waals surface area contributed by atoms with Crippen molar-refractivity contribution in [2.24, 2.45) is 0 Å². The summed E-state index contributed by atoms with van der Waals surface area (Å²) >= 11 is 2.99. The Balaban J connectivity index is 2.99. The van der Waals surface area contributed by atoms with E-state index in [0.717, 1.165) is 0 Å². The molecule has 0 saturated carbocycles. The summed E-state index contributed by atoms with van der Waals surface area (Å²) < 4.78 is 61.5. The monoisotopic (exact) mass is 331 g/mol. The van der Waals surface area contributed by atoms with Crippen LogP contribution in [0.1, 0.15) is 5.56 Å². The van der Waals surface area contributed by atoms with E-state index in [2.05, 4.69) is 15.9 Å². The summed E-state index contributed by atoms with van der Waals surface area (Å²) in [5, 5.41) is 1.54. The van der Waals surface area contributed by atoms with E-state index >= 15 is 0 Å². The summed E-state index contributed by atoms with van der Waals surface area (Å²) in [4.78, 5) is 10.9. The average Bonchev–Trinajstić information content (AvgIpc) is 2.23. The Kier molecular flexibility index (Phi) is 3.99. The molecule has 0 aromatic heterocycles. The Hall–Kier alpha value is -1.18. The SMILES string of the molecule is Cc1cccc(NC(=O)C(F)(F)C(F)(F)F)c1Br. The summed E-state index contributed by atoms with van der Waals surface area (Å²) in [6, 6.07) is 4.23. The zero-order valence-corrected chi connectivity index (χ0v) is 10.5. The topological polar surface area (TPSA) is 29.1 Å². The molecule has 0 aliphatic rings. The van der Waals surface area contributed by atoms with E-state index in [1.807, 2.05) is 0 Å². The van der Waals surface area contributed by atoms with E-state index < -0.39 is 18.0 Å². The number of halogens is 6. The fraction of sp³-hybridized carbons (Fsp3) is 0.300. The number of alkyl halides is 5. The molecular weight excluding hydrogens is 325 g/mol. The standard InChI is InChI=1S/C10H7BrF5NO/c1-5-3-2-4-6(7(5)11)17-8(18)9(12,13)10(14,15)16/h2-4H,1H3,(H,17,18). The number of carbonyl (C=O) groups is 1. The maximum absolute atomic E-state index is 12.7. The molecule has 0 aliphatic heterocycles. The van der Waals surface area contributed by atoms with Crippen molar-refractivity contribution < 1.29 is 26.7 Å². The Labute approximate surface area is 107 Å². The van der Waals surface area contributed by atoms with Crippen LogP contribution in [-0.2, 0) is 4.79 Å². The van der Waals surface area contributed by atoms with Gasteiger partial charge < -0.3 is 5.32 Å². The lowest BCUT2D eigenvalue weighted by atomic mass is 10.2. The molecule has 100 valence electrons. The first-order valence-corrected chi connectivity index (χ1v) is 5.38. The zero-order valence-electron chi connectivity index (χ0n) is 8.91. The molecule has 0 fully saturated rings. The minimum Gasteiger partial charge on any atom is -0.319 e. The number of rotatable bonds is 2. The predicted molar refractivity (Wildman–Crippen MR) is 58.5 cm³/mol. The normalized spacial score (nSPS) is 12.4. The molecule has 1 aromatic rings. The molecule has 0 heterocycles. The second-order valence-corrected chi connectivity index (χ2v) is 4.26. The Morgan fingerprint density at radius 1 is 1.22 bits per heavy atom. The van der Waals surface area contributed by atoms with E-state index in [1.165, 1.54) is 12.1 Å². The number of carbonyl (C=O) groups excluding carboxylic acids is 1. The van der Waals surface area contributed by atoms with Gasteiger partial charge in [-0.1, -0.05) is 12.1 Å². The molecule has 0 spiro atoms. The van der Waals surface area contributed by atoms with Gasteiger partial charge in [0, 0.05) is 4.47 Å². The quantitative estimate of drug-likeness (QED) is 0.818. The highest BCUT2D eigenvalue weighted by Crippen LogP contribution is 2.37. The molecule has 0 aliphatic carbocycles. The van der Waals surface area contributed by atoms with Crippen molar-refractivity contribution in [3.05, 3.63) is 28.2 Å². The van der Waals surface area contributed by atoms with Crippen molar-refractivity contribution in [1.29, 1.82) is 0 Å². The van der Waals surface area contributed by atoms with Crippen molar-refractivity contribution in [3.63, 3.8) is 0 Å². The second kappa shape index (κ2) is 4.83. The molecule has 1 amide bonds. The van der Waals surface area contributed by atoms with Crippen molar-refractivity contribution in [3.8, 4) is 0 Å². The van der Waals surface area contributed by atoms with Crippen LogP contribution in [0.15, 0.2) is 22.7 Å². The molecule has 0 atom stereocenters. The number of hydrogen-bond acceptors (Lipinski definition) is 1. The van der Waals surface area contributed by atoms with E-state index in [-0.39, 0.29) is 10.2 Å². The van der Waals surface area contributed by atoms with Gasteiger partial charge in [0.15, 0.2) is 0 Å². The second-order valence-electron chi connectivity index (χ2n) is 3.46. The molecule has 1 rings (SSSR count). The maximum Gasteiger partial charge on any atom is 0.463 e. The minimum atomic E-state index is -5.92. The van der Waals surface area contributed by atoms with Crippen LogP contribution in [0.5, 0.6) is 0 Å². The zero-order chi connectivity index (χ0) is 14.1. The third-order valence-corrected chi connectivity index (χ3v) is 3.13. The highest BCUT2D eigenvalue weighted by atomic mass is 79.9. The van der Waals surface area contributed by atoms with Crippen LogP contribution in [-0.4, -0.2) is 18.0 Å². The first-order valence-electron chi connectivity index (χ1n) is 4.58. The summed E-state index contributed by atoms with van der Waals surface area (Å²) in [6.45, 7) is 1.60. The average molecular weight is 332 g/mol. The smallest absolute Gasteiger partial charge is 0.319 e. The maximum atomic E-state index is 12.7. The van der Waals surface area contributed by atoms with Crippen molar-refractivity contribution in [1.82, 2.24) is 0 Å². The van der Waals surface area contributed by atoms with Crippen LogP contribution in [0.3, 0.4) is 0 Å². The molecule has 0 unspecified atom stereocenters. The van der Waals surface area contributed by atoms with Crippen LogP contribution in [0.2, 0.25) is 0 Å². The summed E-state index contributed by atoms with van der Waals surface area (Å²) in [6.07, 6.45) is -5.92. The number of amides is 1. The van der Waals surface area contributed by atoms with Gasteiger partial charge in [0.1, 0.15) is 0 Å². The van der Waals surface area contributed by atoms with Gasteiger partial charge in [0.25, 0.3) is 0 Å². The third kappa shape index (κ3) is 2.80. The van der Waals surface area contributed by atoms with Gasteiger partial charge in [-0.3, -0.25) is 4.79 Å². The fourth-order valence-electron chi connectivity index (χ4n) is 1.07. The van der Waals surface area contributed by atoms with E-state index in [4.69, 9.17) is 0 Å². The number of hydrogen-bond donors (Lipinski definition) is 1. The Bertz CT molecular complexity index is 472. The van der Waals surface area contributed by atoms with Crippen LogP contribution in [0, 0.1) is 6.92 Å². The van der Waals surface area contributed by atoms with Crippen molar-refractivity contribution >= 4 is 27.5 Å². The molecule has 0 saturated heterocycles. The van der Waals surface area contributed by atoms with Crippen LogP contribution < -0.4 is 5.32 Å². The van der Waals surface area contributed by atoms with Crippen molar-refractivity contribution in [2.45, 2.75) is 19.0 Å². The van der Waals surface area contributed by atoms with Crippen LogP contribution >= 0.6 is 15.9 Å². The molecule has 1 aromatic carbocycles. The number of nitrogens with one attached hydrogen (secondary N) is 1. The van der Waals surface area contributed by atoms with Gasteiger partial charge in [-0.2, -0.15) is 22.0 Å². The number of benzene rings is 1. The minimum absolute atomic E-state index is 0.149. The molecule has 8 heteroatoms. The summed E-state index contributed by atoms with van der Waals surface area (Å²) in [5.41, 5.74) is 0.437. The first-order chi connectivity index (χ1) is 8.07. The lowest BCUT2D eigenvalue weighted by Gasteiger charge is -2.19. The van der Waals surface area contributed by atoms with Gasteiger partial charge in [-0.05, 0) is 34.5 Å². The lowest BCUT2D eigenvalue weighted by molar-refractivity contribution is -0.267. The predicted octanol–water partition coefficient (Wildman–Crippen LogP) is 3.89. The summed E-state index contributed by atoms with van der Waals surface area (Å²) in [7, 11) is 0. The van der Waals surface area contributed by atoms with E-state index in [0.29, 0.717) is 5.56 Å². The van der Waals surface area contributed by atoms with Crippen LogP contribution in [0.4, 0.5) is 27.6 Å². The van der Waals surface area contributed by atoms with Crippen LogP contribution in [0.25, 0.3) is 0 Å². The largest absolute Gasteiger partial charge is 0.463 e. The Morgan fingerprint density at radius 2 is 1.78 bits per heavy atom. The highest BCUT2D eigenvalue weighted by Gasteiger charge is 2.63. The number of aryl methyl sites for hydroxylation is 1. The van der Waals surface area contributed by atoms with Gasteiger partial charge >= 0.3 is 18.0 Å². The molecule has 18 heavy (non-hydrogen) atoms. The molecular formula is C10H7BrF5NO. The highest BCUT2D eigenvalue weighted by molar-refractivity contribution is 9.10. The first kappa shape index (κ1) is 14.9. The lowest BCUT2D eigenvalue weighted by Crippen LogP contribution is -2.47. The van der Waals surface area contributed by atoms with Gasteiger partial charge in [0.05, 0.1) is 5.69 Å². The summed E-state index contributed by atoms with van der Waals surface area (Å²) in [5.74, 6) is -7.85. The van der Waals surface area contributed by atoms with Gasteiger partial charge in [-0.15, -0.1) is 0 Å². The fourth-order valence-corrected chi connectivity index (χ4v) is 1.44. The van der Waals surface area contributed by atoms with Gasteiger partial charge in [-0.25, -0.2) is 0 Å². The molecule has 0 radical (unpaired) electrons. The number of anilines is 1.